The van der Waals surface area contributed by atoms with Crippen molar-refractivity contribution in [2.75, 3.05) is 13.7 Å². The first-order valence-electron chi connectivity index (χ1n) is 9.28. The Kier molecular flexibility index (Phi) is 5.78. The molecule has 0 aliphatic carbocycles. The molecule has 0 bridgehead atoms. The van der Waals surface area contributed by atoms with Crippen molar-refractivity contribution in [2.45, 2.75) is 33.7 Å². The third-order valence-electron chi connectivity index (χ3n) is 4.98. The quantitative estimate of drug-likeness (QED) is 0.655. The van der Waals surface area contributed by atoms with Gasteiger partial charge in [0.05, 0.1) is 11.7 Å². The van der Waals surface area contributed by atoms with Crippen molar-refractivity contribution < 1.29 is 9.53 Å². The summed E-state index contributed by atoms with van der Waals surface area (Å²) in [6.07, 6.45) is 3.15. The number of hydrogen-bond acceptors (Lipinski definition) is 4. The Hall–Kier alpha value is -3.15. The number of nitrogens with zero attached hydrogens (tertiary/aromatic N) is 4. The lowest BCUT2D eigenvalue weighted by Gasteiger charge is -2.26. The third-order valence-corrected chi connectivity index (χ3v) is 4.98. The summed E-state index contributed by atoms with van der Waals surface area (Å²) in [5.41, 5.74) is 5.25. The maximum absolute atomic E-state index is 12.7. The van der Waals surface area contributed by atoms with E-state index >= 15 is 0 Å². The van der Waals surface area contributed by atoms with Gasteiger partial charge >= 0.3 is 0 Å². The maximum atomic E-state index is 12.7. The van der Waals surface area contributed by atoms with Gasteiger partial charge in [-0.1, -0.05) is 29.8 Å². The Labute approximate surface area is 165 Å². The molecule has 6 heteroatoms. The van der Waals surface area contributed by atoms with Crippen molar-refractivity contribution in [3.8, 4) is 11.4 Å². The molecular weight excluding hydrogens is 352 g/mol. The molecule has 28 heavy (non-hydrogen) atoms. The van der Waals surface area contributed by atoms with Gasteiger partial charge in [-0.05, 0) is 56.5 Å². The number of aryl methyl sites for hydroxylation is 3. The van der Waals surface area contributed by atoms with E-state index in [4.69, 9.17) is 4.74 Å². The summed E-state index contributed by atoms with van der Waals surface area (Å²) in [4.78, 5) is 18.3. The van der Waals surface area contributed by atoms with Gasteiger partial charge in [-0.25, -0.2) is 9.67 Å². The van der Waals surface area contributed by atoms with Gasteiger partial charge in [0.2, 0.25) is 0 Å². The van der Waals surface area contributed by atoms with E-state index in [9.17, 15) is 4.79 Å². The monoisotopic (exact) mass is 378 g/mol. The standard InChI is InChI=1S/C22H26N4O2/c1-15-10-16(2)22(17(3)11-15)28-12-21(27)25(5)18(4)19-6-8-20(9-7-19)26-14-23-13-24-26/h6-11,13-14,18H,12H2,1-5H3/t18-/m0/s1. The molecule has 0 fully saturated rings. The van der Waals surface area contributed by atoms with Crippen LogP contribution in [0.3, 0.4) is 0 Å². The summed E-state index contributed by atoms with van der Waals surface area (Å²) >= 11 is 0. The van der Waals surface area contributed by atoms with Crippen LogP contribution in [0.5, 0.6) is 5.75 Å². The molecule has 0 saturated heterocycles. The molecule has 0 aliphatic heterocycles. The first-order valence-corrected chi connectivity index (χ1v) is 9.28. The van der Waals surface area contributed by atoms with E-state index in [1.165, 1.54) is 11.9 Å². The van der Waals surface area contributed by atoms with Crippen LogP contribution in [0.4, 0.5) is 0 Å². The summed E-state index contributed by atoms with van der Waals surface area (Å²) in [6, 6.07) is 12.0. The number of amides is 1. The third kappa shape index (κ3) is 4.22. The number of ether oxygens (including phenoxy) is 1. The number of carbonyl (C=O) groups excluding carboxylic acids is 1. The Bertz CT molecular complexity index is 926. The van der Waals surface area contributed by atoms with Gasteiger partial charge in [0, 0.05) is 7.05 Å². The van der Waals surface area contributed by atoms with Crippen LogP contribution in [0.15, 0.2) is 49.1 Å². The lowest BCUT2D eigenvalue weighted by molar-refractivity contribution is -0.134. The fourth-order valence-corrected chi connectivity index (χ4v) is 3.32. The van der Waals surface area contributed by atoms with Crippen LogP contribution in [-0.2, 0) is 4.79 Å². The molecule has 0 N–H and O–H groups in total. The average Bonchev–Trinajstić information content (AvgIpc) is 3.20. The molecule has 0 spiro atoms. The molecule has 0 radical (unpaired) electrons. The molecule has 3 rings (SSSR count). The Morgan fingerprint density at radius 1 is 1.14 bits per heavy atom. The molecule has 0 unspecified atom stereocenters. The lowest BCUT2D eigenvalue weighted by atomic mass is 10.1. The van der Waals surface area contributed by atoms with Crippen molar-refractivity contribution in [1.82, 2.24) is 19.7 Å². The second-order valence-electron chi connectivity index (χ2n) is 7.13. The summed E-state index contributed by atoms with van der Waals surface area (Å²) in [5, 5.41) is 4.12. The molecular formula is C22H26N4O2. The minimum absolute atomic E-state index is 0.0165. The minimum Gasteiger partial charge on any atom is -0.483 e. The second kappa shape index (κ2) is 8.25. The van der Waals surface area contributed by atoms with E-state index in [-0.39, 0.29) is 18.6 Å². The molecule has 0 aliphatic rings. The van der Waals surface area contributed by atoms with E-state index in [1.54, 1.807) is 23.0 Å². The first-order chi connectivity index (χ1) is 13.4. The van der Waals surface area contributed by atoms with Gasteiger partial charge in [-0.2, -0.15) is 5.10 Å². The van der Waals surface area contributed by atoms with E-state index in [1.807, 2.05) is 45.0 Å². The van der Waals surface area contributed by atoms with Crippen molar-refractivity contribution in [3.63, 3.8) is 0 Å². The smallest absolute Gasteiger partial charge is 0.260 e. The number of rotatable bonds is 6. The second-order valence-corrected chi connectivity index (χ2v) is 7.13. The number of benzene rings is 2. The summed E-state index contributed by atoms with van der Waals surface area (Å²) in [7, 11) is 1.80. The maximum Gasteiger partial charge on any atom is 0.260 e. The summed E-state index contributed by atoms with van der Waals surface area (Å²) < 4.78 is 7.55. The highest BCUT2D eigenvalue weighted by atomic mass is 16.5. The largest absolute Gasteiger partial charge is 0.483 e. The summed E-state index contributed by atoms with van der Waals surface area (Å²) in [6.45, 7) is 8.08. The Balaban J connectivity index is 1.64. The summed E-state index contributed by atoms with van der Waals surface area (Å²) in [5.74, 6) is 0.726. The fraction of sp³-hybridized carbons (Fsp3) is 0.318. The number of hydrogen-bond donors (Lipinski definition) is 0. The molecule has 6 nitrogen and oxygen atoms in total. The predicted octanol–water partition coefficient (Wildman–Crippen LogP) is 3.79. The van der Waals surface area contributed by atoms with Crippen molar-refractivity contribution >= 4 is 5.91 Å². The Morgan fingerprint density at radius 2 is 1.79 bits per heavy atom. The van der Waals surface area contributed by atoms with Crippen molar-refractivity contribution in [2.24, 2.45) is 0 Å². The first kappa shape index (κ1) is 19.6. The Morgan fingerprint density at radius 3 is 2.36 bits per heavy atom. The van der Waals surface area contributed by atoms with Crippen LogP contribution in [-0.4, -0.2) is 39.2 Å². The van der Waals surface area contributed by atoms with Crippen LogP contribution in [0.25, 0.3) is 5.69 Å². The van der Waals surface area contributed by atoms with Crippen molar-refractivity contribution in [1.29, 1.82) is 0 Å². The topological polar surface area (TPSA) is 60.2 Å². The van der Waals surface area contributed by atoms with Crippen molar-refractivity contribution in [3.05, 3.63) is 71.3 Å². The zero-order valence-corrected chi connectivity index (χ0v) is 17.0. The lowest BCUT2D eigenvalue weighted by Crippen LogP contribution is -2.33. The van der Waals surface area contributed by atoms with E-state index in [2.05, 4.69) is 29.1 Å². The average molecular weight is 378 g/mol. The fourth-order valence-electron chi connectivity index (χ4n) is 3.32. The van der Waals surface area contributed by atoms with E-state index in [0.29, 0.717) is 0 Å². The molecule has 3 aromatic rings. The van der Waals surface area contributed by atoms with Crippen LogP contribution < -0.4 is 4.74 Å². The molecule has 146 valence electrons. The van der Waals surface area contributed by atoms with Gasteiger partial charge < -0.3 is 9.64 Å². The van der Waals surface area contributed by atoms with Crippen LogP contribution in [0.1, 0.15) is 35.2 Å². The van der Waals surface area contributed by atoms with Gasteiger partial charge in [0.25, 0.3) is 5.91 Å². The van der Waals surface area contributed by atoms with Gasteiger partial charge in [0.1, 0.15) is 18.4 Å². The predicted molar refractivity (Wildman–Crippen MR) is 109 cm³/mol. The molecule has 1 atom stereocenters. The van der Waals surface area contributed by atoms with Crippen LogP contribution in [0, 0.1) is 20.8 Å². The molecule has 0 saturated carbocycles. The SMILES string of the molecule is Cc1cc(C)c(OCC(=O)N(C)[C@@H](C)c2ccc(-n3cncn3)cc2)c(C)c1. The zero-order chi connectivity index (χ0) is 20.3. The van der Waals surface area contributed by atoms with E-state index < -0.39 is 0 Å². The van der Waals surface area contributed by atoms with Gasteiger partial charge in [-0.3, -0.25) is 4.79 Å². The highest BCUT2D eigenvalue weighted by Gasteiger charge is 2.19. The normalized spacial score (nSPS) is 11.9. The van der Waals surface area contributed by atoms with Crippen LogP contribution in [0.2, 0.25) is 0 Å². The molecule has 1 heterocycles. The number of carbonyl (C=O) groups is 1. The molecule has 2 aromatic carbocycles. The van der Waals surface area contributed by atoms with Gasteiger partial charge in [0.15, 0.2) is 6.61 Å². The highest BCUT2D eigenvalue weighted by Crippen LogP contribution is 2.25. The number of aromatic nitrogens is 3. The van der Waals surface area contributed by atoms with Gasteiger partial charge in [-0.15, -0.1) is 0 Å². The van der Waals surface area contributed by atoms with E-state index in [0.717, 1.165) is 28.1 Å². The minimum atomic E-state index is -0.0684. The zero-order valence-electron chi connectivity index (χ0n) is 17.0. The van der Waals surface area contributed by atoms with Crippen LogP contribution >= 0.6 is 0 Å². The molecule has 1 amide bonds. The number of likely N-dealkylation sites (N-methyl/N-ethyl adjacent to an activating group) is 1. The highest BCUT2D eigenvalue weighted by molar-refractivity contribution is 5.78. The molecule has 1 aromatic heterocycles.